The molecule has 0 atom stereocenters. The van der Waals surface area contributed by atoms with E-state index in [1.165, 1.54) is 15.9 Å². The van der Waals surface area contributed by atoms with Crippen molar-refractivity contribution >= 4 is 76.5 Å². The van der Waals surface area contributed by atoms with Gasteiger partial charge in [-0.2, -0.15) is 15.3 Å². The summed E-state index contributed by atoms with van der Waals surface area (Å²) in [5.41, 5.74) is 2.17. The van der Waals surface area contributed by atoms with Crippen molar-refractivity contribution in [3.63, 3.8) is 0 Å². The number of rotatable bonds is 13. The summed E-state index contributed by atoms with van der Waals surface area (Å²) in [5.74, 6) is 0. The van der Waals surface area contributed by atoms with E-state index in [9.17, 15) is 4.79 Å². The summed E-state index contributed by atoms with van der Waals surface area (Å²) < 4.78 is 6.39. The summed E-state index contributed by atoms with van der Waals surface area (Å²) in [7, 11) is -0.425. The molecule has 0 fully saturated rings. The second-order valence-corrected chi connectivity index (χ2v) is 13.9. The third-order valence-corrected chi connectivity index (χ3v) is 11.4. The second kappa shape index (κ2) is 19.0. The largest absolute Gasteiger partial charge is 2.00 e. The van der Waals surface area contributed by atoms with Crippen LogP contribution >= 0.6 is 7.26 Å². The van der Waals surface area contributed by atoms with Gasteiger partial charge in [0.05, 0.1) is 12.3 Å². The summed E-state index contributed by atoms with van der Waals surface area (Å²) in [5, 5.41) is 26.8. The molecule has 4 aromatic carbocycles. The van der Waals surface area contributed by atoms with Crippen molar-refractivity contribution in [3.8, 4) is 0 Å². The Balaban J connectivity index is 0.00000576. The molecule has 239 valence electrons. The van der Waals surface area contributed by atoms with Crippen LogP contribution < -0.4 is 26.5 Å². The van der Waals surface area contributed by atoms with E-state index in [4.69, 9.17) is 30.0 Å². The summed E-state index contributed by atoms with van der Waals surface area (Å²) in [4.78, 5) is 11.1. The van der Waals surface area contributed by atoms with E-state index in [1.807, 2.05) is 18.2 Å². The van der Waals surface area contributed by atoms with Gasteiger partial charge in [-0.15, -0.1) is 5.10 Å². The van der Waals surface area contributed by atoms with E-state index in [2.05, 4.69) is 104 Å². The van der Waals surface area contributed by atoms with Crippen molar-refractivity contribution in [2.24, 2.45) is 20.4 Å². The standard InChI is InChI=1S/C34H35N6O2PS2.Cu/c1-26(32(38-39-33(44)35-2)28-20-18-27(24-41)19-21-28)37-40-34(45)36-22-23-42-25-43(29-12-6-3-7-13-29,30-14-8-4-9-15-30)31-16-10-5-11-17-31;/h3-21,24H,22-23,25H2,1-2H3,(H3-,35,36,37,38,39,40,41,44,45);/q;+2/p-1. The minimum Gasteiger partial charge on any atom is -0.741 e. The van der Waals surface area contributed by atoms with Crippen LogP contribution in [0.5, 0.6) is 0 Å². The molecule has 0 bridgehead atoms. The maximum absolute atomic E-state index is 11.1. The molecule has 0 aromatic heterocycles. The van der Waals surface area contributed by atoms with Gasteiger partial charge in [0.15, 0.2) is 6.35 Å². The first-order chi connectivity index (χ1) is 22.0. The molecule has 0 saturated carbocycles. The molecule has 1 radical (unpaired) electrons. The van der Waals surface area contributed by atoms with Gasteiger partial charge < -0.3 is 40.6 Å². The van der Waals surface area contributed by atoms with Crippen LogP contribution in [0.2, 0.25) is 0 Å². The summed E-state index contributed by atoms with van der Waals surface area (Å²) in [6.07, 6.45) is 1.31. The Kier molecular flexibility index (Phi) is 15.1. The SMILES string of the molecule is CN/C([S-])=N/N=C(/C(C)=N/N=C(\[S-])NCCOC[P+](c1ccccc1)(c1ccccc1)c1ccccc1)c1ccc(C=O)cc1.[Cu+2]. The van der Waals surface area contributed by atoms with Gasteiger partial charge in [0.1, 0.15) is 35.2 Å². The van der Waals surface area contributed by atoms with E-state index < -0.39 is 7.26 Å². The summed E-state index contributed by atoms with van der Waals surface area (Å²) >= 11 is 10.5. The zero-order valence-corrected chi connectivity index (χ0v) is 28.8. The monoisotopic (exact) mass is 716 g/mol. The Hall–Kier alpha value is -3.82. The Morgan fingerprint density at radius 3 is 1.72 bits per heavy atom. The summed E-state index contributed by atoms with van der Waals surface area (Å²) in [6.45, 7) is 2.62. The van der Waals surface area contributed by atoms with Gasteiger partial charge in [-0.1, -0.05) is 78.9 Å². The fourth-order valence-corrected chi connectivity index (χ4v) is 8.53. The van der Waals surface area contributed by atoms with E-state index in [0.717, 1.165) is 6.29 Å². The molecule has 0 unspecified atom stereocenters. The van der Waals surface area contributed by atoms with Crippen LogP contribution in [0, 0.1) is 0 Å². The number of nitrogens with one attached hydrogen (secondary N) is 2. The molecule has 0 aliphatic carbocycles. The average molecular weight is 717 g/mol. The van der Waals surface area contributed by atoms with Gasteiger partial charge in [0.2, 0.25) is 0 Å². The molecule has 0 saturated heterocycles. The minimum atomic E-state index is -2.09. The number of ether oxygens (including phenoxy) is 1. The second-order valence-electron chi connectivity index (χ2n) is 9.71. The number of nitrogens with zero attached hydrogens (tertiary/aromatic N) is 4. The number of amidine groups is 2. The smallest absolute Gasteiger partial charge is 0.741 e. The number of benzene rings is 4. The molecular weight excluding hydrogens is 683 g/mol. The van der Waals surface area contributed by atoms with Crippen LogP contribution in [-0.4, -0.2) is 54.6 Å². The average Bonchev–Trinajstić information content (AvgIpc) is 3.10. The van der Waals surface area contributed by atoms with E-state index in [1.54, 1.807) is 38.2 Å². The third-order valence-electron chi connectivity index (χ3n) is 6.81. The number of carbonyl (C=O) groups excluding carboxylic acids is 1. The minimum absolute atomic E-state index is 0. The predicted molar refractivity (Wildman–Crippen MR) is 194 cm³/mol. The molecular formula is C34H34CuN6O2PS2+. The van der Waals surface area contributed by atoms with Crippen LogP contribution in [0.25, 0.3) is 0 Å². The predicted octanol–water partition coefficient (Wildman–Crippen LogP) is 4.16. The van der Waals surface area contributed by atoms with Crippen LogP contribution in [0.4, 0.5) is 0 Å². The topological polar surface area (TPSA) is 99.8 Å². The molecule has 0 heterocycles. The fourth-order valence-electron chi connectivity index (χ4n) is 4.56. The van der Waals surface area contributed by atoms with Crippen LogP contribution in [0.3, 0.4) is 0 Å². The van der Waals surface area contributed by atoms with Gasteiger partial charge in [0, 0.05) is 24.7 Å². The first-order valence-corrected chi connectivity index (χ1v) is 17.0. The molecule has 4 aromatic rings. The third kappa shape index (κ3) is 9.84. The molecule has 46 heavy (non-hydrogen) atoms. The van der Waals surface area contributed by atoms with Crippen LogP contribution in [0.15, 0.2) is 136 Å². The molecule has 8 nitrogen and oxygen atoms in total. The molecule has 0 spiro atoms. The van der Waals surface area contributed by atoms with E-state index >= 15 is 0 Å². The van der Waals surface area contributed by atoms with Gasteiger partial charge in [-0.05, 0) is 53.7 Å². The fraction of sp³-hybridized carbons (Fsp3) is 0.147. The van der Waals surface area contributed by atoms with Crippen molar-refractivity contribution in [1.29, 1.82) is 0 Å². The zero-order chi connectivity index (χ0) is 31.9. The maximum atomic E-state index is 11.1. The Labute approximate surface area is 292 Å². The first kappa shape index (κ1) is 36.6. The number of aldehydes is 1. The van der Waals surface area contributed by atoms with Gasteiger partial charge in [-0.25, -0.2) is 0 Å². The molecule has 0 aliphatic rings. The molecule has 0 amide bonds. The van der Waals surface area contributed by atoms with Gasteiger partial charge in [-0.3, -0.25) is 4.79 Å². The number of hydrogen-bond donors (Lipinski definition) is 2. The molecule has 12 heteroatoms. The van der Waals surface area contributed by atoms with Crippen LogP contribution in [0.1, 0.15) is 22.8 Å². The number of carbonyl (C=O) groups is 1. The van der Waals surface area contributed by atoms with E-state index in [0.29, 0.717) is 42.0 Å². The van der Waals surface area contributed by atoms with Gasteiger partial charge >= 0.3 is 17.1 Å². The summed E-state index contributed by atoms with van der Waals surface area (Å²) in [6, 6.07) is 38.7. The molecule has 4 rings (SSSR count). The quantitative estimate of drug-likeness (QED) is 0.0315. The normalized spacial score (nSPS) is 12.7. The first-order valence-electron chi connectivity index (χ1n) is 14.2. The van der Waals surface area contributed by atoms with Crippen molar-refractivity contribution in [2.75, 3.05) is 26.5 Å². The Bertz CT molecular complexity index is 1560. The maximum Gasteiger partial charge on any atom is 2.00 e. The van der Waals surface area contributed by atoms with Crippen molar-refractivity contribution < 1.29 is 26.6 Å². The van der Waals surface area contributed by atoms with Crippen molar-refractivity contribution in [3.05, 3.63) is 126 Å². The van der Waals surface area contributed by atoms with Crippen molar-refractivity contribution in [2.45, 2.75) is 6.92 Å². The van der Waals surface area contributed by atoms with Gasteiger partial charge in [0.25, 0.3) is 0 Å². The Morgan fingerprint density at radius 1 is 0.739 bits per heavy atom. The van der Waals surface area contributed by atoms with Crippen molar-refractivity contribution in [1.82, 2.24) is 10.6 Å². The zero-order valence-electron chi connectivity index (χ0n) is 25.3. The van der Waals surface area contributed by atoms with E-state index in [-0.39, 0.29) is 27.4 Å². The molecule has 0 aliphatic heterocycles. The number of hydrogen-bond acceptors (Lipinski definition) is 8. The Morgan fingerprint density at radius 2 is 1.24 bits per heavy atom. The molecule has 2 N–H and O–H groups in total. The van der Waals surface area contributed by atoms with Crippen LogP contribution in [-0.2, 0) is 47.1 Å².